The predicted octanol–water partition coefficient (Wildman–Crippen LogP) is 4.34. The van der Waals surface area contributed by atoms with E-state index in [-0.39, 0.29) is 17.2 Å². The van der Waals surface area contributed by atoms with Gasteiger partial charge in [-0.2, -0.15) is 0 Å². The molecule has 0 fully saturated rings. The molecular weight excluding hydrogens is 446 g/mol. The van der Waals surface area contributed by atoms with E-state index in [2.05, 4.69) is 10.0 Å². The molecule has 3 aromatic carbocycles. The maximum atomic E-state index is 12.6. The predicted molar refractivity (Wildman–Crippen MR) is 125 cm³/mol. The van der Waals surface area contributed by atoms with E-state index in [0.717, 1.165) is 11.1 Å². The van der Waals surface area contributed by atoms with Crippen molar-refractivity contribution in [1.29, 1.82) is 0 Å². The Morgan fingerprint density at radius 1 is 1.00 bits per heavy atom. The van der Waals surface area contributed by atoms with E-state index in [1.54, 1.807) is 25.1 Å². The molecule has 0 saturated heterocycles. The van der Waals surface area contributed by atoms with E-state index in [1.807, 2.05) is 19.9 Å². The molecule has 9 nitrogen and oxygen atoms in total. The van der Waals surface area contributed by atoms with Crippen molar-refractivity contribution in [3.63, 3.8) is 0 Å². The minimum absolute atomic E-state index is 0.0469. The monoisotopic (exact) mass is 469 g/mol. The third-order valence-corrected chi connectivity index (χ3v) is 6.15. The highest BCUT2D eigenvalue weighted by Crippen LogP contribution is 2.25. The summed E-state index contributed by atoms with van der Waals surface area (Å²) in [5.74, 6) is -0.210. The van der Waals surface area contributed by atoms with Gasteiger partial charge in [0.1, 0.15) is 5.75 Å². The van der Waals surface area contributed by atoms with Gasteiger partial charge in [-0.05, 0) is 74.4 Å². The number of benzene rings is 3. The fraction of sp³-hybridized carbons (Fsp3) is 0.174. The van der Waals surface area contributed by atoms with Crippen LogP contribution in [0.25, 0.3) is 0 Å². The first-order valence-electron chi connectivity index (χ1n) is 9.93. The number of carbonyl (C=O) groups is 1. The second kappa shape index (κ2) is 9.70. The Morgan fingerprint density at radius 2 is 1.64 bits per heavy atom. The van der Waals surface area contributed by atoms with E-state index in [4.69, 9.17) is 4.74 Å². The lowest BCUT2D eigenvalue weighted by Crippen LogP contribution is -2.21. The van der Waals surface area contributed by atoms with Gasteiger partial charge in [0.2, 0.25) is 0 Å². The molecule has 0 aliphatic carbocycles. The molecule has 0 bridgehead atoms. The molecule has 1 amide bonds. The molecule has 0 spiro atoms. The summed E-state index contributed by atoms with van der Waals surface area (Å²) in [5, 5.41) is 13.6. The minimum Gasteiger partial charge on any atom is -0.484 e. The zero-order chi connectivity index (χ0) is 24.2. The molecule has 0 aliphatic heterocycles. The number of nitrogens with zero attached hydrogens (tertiary/aromatic N) is 1. The Bertz CT molecular complexity index is 1280. The number of ether oxygens (including phenoxy) is 1. The molecule has 0 unspecified atom stereocenters. The Hall–Kier alpha value is -3.92. The minimum atomic E-state index is -3.79. The van der Waals surface area contributed by atoms with E-state index in [1.165, 1.54) is 36.4 Å². The number of rotatable bonds is 8. The smallest absolute Gasteiger partial charge is 0.274 e. The number of carbonyl (C=O) groups excluding carboxylic acids is 1. The highest BCUT2D eigenvalue weighted by atomic mass is 32.2. The Morgan fingerprint density at radius 3 is 2.24 bits per heavy atom. The van der Waals surface area contributed by atoms with Crippen molar-refractivity contribution in [1.82, 2.24) is 0 Å². The number of aryl methyl sites for hydroxylation is 2. The first-order valence-corrected chi connectivity index (χ1v) is 11.4. The average Bonchev–Trinajstić information content (AvgIpc) is 2.73. The molecule has 0 heterocycles. The van der Waals surface area contributed by atoms with Gasteiger partial charge in [-0.1, -0.05) is 12.1 Å². The molecule has 0 aliphatic rings. The van der Waals surface area contributed by atoms with Gasteiger partial charge in [-0.25, -0.2) is 8.42 Å². The molecular formula is C23H23N3O6S. The lowest BCUT2D eigenvalue weighted by molar-refractivity contribution is -0.385. The van der Waals surface area contributed by atoms with Gasteiger partial charge in [0.15, 0.2) is 6.61 Å². The molecule has 0 atom stereocenters. The molecule has 33 heavy (non-hydrogen) atoms. The second-order valence-electron chi connectivity index (χ2n) is 7.50. The Kier molecular flexibility index (Phi) is 6.98. The van der Waals surface area contributed by atoms with Crippen molar-refractivity contribution in [2.45, 2.75) is 25.7 Å². The lowest BCUT2D eigenvalue weighted by Gasteiger charge is -2.11. The molecule has 2 N–H and O–H groups in total. The summed E-state index contributed by atoms with van der Waals surface area (Å²) in [5.41, 5.74) is 2.91. The highest BCUT2D eigenvalue weighted by molar-refractivity contribution is 7.92. The van der Waals surface area contributed by atoms with Crippen LogP contribution in [0.4, 0.5) is 17.1 Å². The van der Waals surface area contributed by atoms with Crippen molar-refractivity contribution >= 4 is 33.0 Å². The van der Waals surface area contributed by atoms with Crippen molar-refractivity contribution < 1.29 is 22.9 Å². The summed E-state index contributed by atoms with van der Waals surface area (Å²) in [6, 6.07) is 15.5. The molecule has 3 aromatic rings. The van der Waals surface area contributed by atoms with Crippen LogP contribution < -0.4 is 14.8 Å². The van der Waals surface area contributed by atoms with Crippen molar-refractivity contribution in [3.05, 3.63) is 87.5 Å². The van der Waals surface area contributed by atoms with Crippen LogP contribution in [0.2, 0.25) is 0 Å². The summed E-state index contributed by atoms with van der Waals surface area (Å²) in [4.78, 5) is 22.7. The zero-order valence-corrected chi connectivity index (χ0v) is 19.1. The van der Waals surface area contributed by atoms with Gasteiger partial charge >= 0.3 is 0 Å². The van der Waals surface area contributed by atoms with E-state index >= 15 is 0 Å². The van der Waals surface area contributed by atoms with E-state index in [9.17, 15) is 23.3 Å². The number of anilines is 2. The molecule has 10 heteroatoms. The molecule has 0 saturated carbocycles. The van der Waals surface area contributed by atoms with Crippen molar-refractivity contribution in [2.75, 3.05) is 16.6 Å². The maximum Gasteiger partial charge on any atom is 0.274 e. The second-order valence-corrected chi connectivity index (χ2v) is 9.18. The molecule has 172 valence electrons. The Labute approximate surface area is 191 Å². The van der Waals surface area contributed by atoms with Gasteiger partial charge in [0.25, 0.3) is 21.6 Å². The topological polar surface area (TPSA) is 128 Å². The Balaban J connectivity index is 1.62. The van der Waals surface area contributed by atoms with Crippen LogP contribution in [0.15, 0.2) is 65.6 Å². The first-order chi connectivity index (χ1) is 15.5. The third-order valence-electron chi connectivity index (χ3n) is 4.75. The SMILES string of the molecule is Cc1cc(C)cc(NS(=O)(=O)c2ccc(OCC(=O)Nc3cccc([N+](=O)[O-])c3C)cc2)c1. The summed E-state index contributed by atoms with van der Waals surface area (Å²) in [7, 11) is -3.79. The lowest BCUT2D eigenvalue weighted by atomic mass is 10.1. The van der Waals surface area contributed by atoms with Gasteiger partial charge in [0.05, 0.1) is 21.1 Å². The van der Waals surface area contributed by atoms with E-state index in [0.29, 0.717) is 22.7 Å². The summed E-state index contributed by atoms with van der Waals surface area (Å²) >= 11 is 0. The van der Waals surface area contributed by atoms with Gasteiger partial charge in [-0.3, -0.25) is 19.6 Å². The maximum absolute atomic E-state index is 12.6. The van der Waals surface area contributed by atoms with Crippen LogP contribution in [0.5, 0.6) is 5.75 Å². The first kappa shape index (κ1) is 23.7. The van der Waals surface area contributed by atoms with Crippen LogP contribution in [-0.4, -0.2) is 25.9 Å². The number of hydrogen-bond acceptors (Lipinski definition) is 6. The van der Waals surface area contributed by atoms with Crippen LogP contribution in [0, 0.1) is 30.9 Å². The summed E-state index contributed by atoms with van der Waals surface area (Å²) in [6.07, 6.45) is 0. The number of hydrogen-bond donors (Lipinski definition) is 2. The third kappa shape index (κ3) is 6.07. The largest absolute Gasteiger partial charge is 0.484 e. The van der Waals surface area contributed by atoms with Gasteiger partial charge in [0, 0.05) is 11.8 Å². The van der Waals surface area contributed by atoms with E-state index < -0.39 is 20.9 Å². The number of nitro groups is 1. The van der Waals surface area contributed by atoms with Crippen LogP contribution in [0.1, 0.15) is 16.7 Å². The van der Waals surface area contributed by atoms with Gasteiger partial charge < -0.3 is 10.1 Å². The van der Waals surface area contributed by atoms with Crippen molar-refractivity contribution in [2.24, 2.45) is 0 Å². The van der Waals surface area contributed by atoms with Crippen molar-refractivity contribution in [3.8, 4) is 5.75 Å². The van der Waals surface area contributed by atoms with Crippen LogP contribution >= 0.6 is 0 Å². The molecule has 0 radical (unpaired) electrons. The summed E-state index contributed by atoms with van der Waals surface area (Å²) < 4.78 is 33.3. The highest BCUT2D eigenvalue weighted by Gasteiger charge is 2.16. The van der Waals surface area contributed by atoms with Crippen LogP contribution in [0.3, 0.4) is 0 Å². The fourth-order valence-electron chi connectivity index (χ4n) is 3.25. The molecule has 0 aromatic heterocycles. The summed E-state index contributed by atoms with van der Waals surface area (Å²) in [6.45, 7) is 4.95. The average molecular weight is 470 g/mol. The van der Waals surface area contributed by atoms with Crippen LogP contribution in [-0.2, 0) is 14.8 Å². The molecule has 3 rings (SSSR count). The fourth-order valence-corrected chi connectivity index (χ4v) is 4.29. The number of amides is 1. The normalized spacial score (nSPS) is 11.0. The number of nitrogens with one attached hydrogen (secondary N) is 2. The number of sulfonamides is 1. The zero-order valence-electron chi connectivity index (χ0n) is 18.3. The van der Waals surface area contributed by atoms with Gasteiger partial charge in [-0.15, -0.1) is 0 Å². The quantitative estimate of drug-likeness (QED) is 0.373. The standard InChI is InChI=1S/C23H23N3O6S/c1-15-11-16(2)13-18(12-15)25-33(30,31)20-9-7-19(8-10-20)32-14-23(27)24-21-5-4-6-22(17(21)3)26(28)29/h4-13,25H,14H2,1-3H3,(H,24,27). The number of nitro benzene ring substituents is 1.